The third-order valence-electron chi connectivity index (χ3n) is 2.32. The second-order valence-corrected chi connectivity index (χ2v) is 4.17. The molecule has 3 nitrogen and oxygen atoms in total. The Balaban J connectivity index is 4.15. The standard InChI is InChI=1S/C11H23NO2/c1-9(2)8-12(6-7-14-5)10(3)11(4)13/h9-10H,6-8H2,1-5H3. The largest absolute Gasteiger partial charge is 0.383 e. The topological polar surface area (TPSA) is 29.5 Å². The van der Waals surface area contributed by atoms with Crippen LogP contribution in [0.1, 0.15) is 27.7 Å². The summed E-state index contributed by atoms with van der Waals surface area (Å²) in [6, 6.07) is 0.00699. The Bertz CT molecular complexity index is 169. The van der Waals surface area contributed by atoms with E-state index in [0.29, 0.717) is 12.5 Å². The maximum absolute atomic E-state index is 11.2. The molecule has 0 aliphatic rings. The third kappa shape index (κ3) is 5.35. The van der Waals surface area contributed by atoms with E-state index in [0.717, 1.165) is 13.1 Å². The number of ether oxygens (including phenoxy) is 1. The molecule has 0 aliphatic carbocycles. The molecule has 1 unspecified atom stereocenters. The van der Waals surface area contributed by atoms with E-state index in [-0.39, 0.29) is 11.8 Å². The van der Waals surface area contributed by atoms with Gasteiger partial charge in [-0.1, -0.05) is 13.8 Å². The summed E-state index contributed by atoms with van der Waals surface area (Å²) in [4.78, 5) is 13.4. The molecular formula is C11H23NO2. The first-order valence-corrected chi connectivity index (χ1v) is 5.22. The molecule has 0 amide bonds. The van der Waals surface area contributed by atoms with Crippen molar-refractivity contribution in [3.63, 3.8) is 0 Å². The Labute approximate surface area is 87.4 Å². The van der Waals surface area contributed by atoms with Crippen LogP contribution < -0.4 is 0 Å². The molecule has 0 heterocycles. The molecular weight excluding hydrogens is 178 g/mol. The molecule has 0 aliphatic heterocycles. The van der Waals surface area contributed by atoms with Crippen molar-refractivity contribution >= 4 is 5.78 Å². The van der Waals surface area contributed by atoms with Crippen LogP contribution in [-0.2, 0) is 9.53 Å². The number of ketones is 1. The van der Waals surface area contributed by atoms with E-state index in [1.807, 2.05) is 6.92 Å². The minimum Gasteiger partial charge on any atom is -0.383 e. The number of rotatable bonds is 7. The van der Waals surface area contributed by atoms with Gasteiger partial charge in [0.05, 0.1) is 12.6 Å². The van der Waals surface area contributed by atoms with Crippen LogP contribution in [0.3, 0.4) is 0 Å². The van der Waals surface area contributed by atoms with Crippen LogP contribution in [-0.4, -0.2) is 43.5 Å². The molecule has 0 fully saturated rings. The first-order valence-electron chi connectivity index (χ1n) is 5.22. The van der Waals surface area contributed by atoms with Crippen LogP contribution in [0.2, 0.25) is 0 Å². The van der Waals surface area contributed by atoms with E-state index in [2.05, 4.69) is 18.7 Å². The minimum atomic E-state index is 0.00699. The fraction of sp³-hybridized carbons (Fsp3) is 0.909. The highest BCUT2D eigenvalue weighted by Crippen LogP contribution is 2.05. The van der Waals surface area contributed by atoms with E-state index >= 15 is 0 Å². The second kappa shape index (κ2) is 6.96. The Morgan fingerprint density at radius 3 is 2.29 bits per heavy atom. The molecule has 0 radical (unpaired) electrons. The summed E-state index contributed by atoms with van der Waals surface area (Å²) in [5.74, 6) is 0.801. The number of carbonyl (C=O) groups excluding carboxylic acids is 1. The van der Waals surface area contributed by atoms with Crippen LogP contribution in [0, 0.1) is 5.92 Å². The third-order valence-corrected chi connectivity index (χ3v) is 2.32. The monoisotopic (exact) mass is 201 g/mol. The van der Waals surface area contributed by atoms with Crippen molar-refractivity contribution in [3.8, 4) is 0 Å². The van der Waals surface area contributed by atoms with Gasteiger partial charge in [0.25, 0.3) is 0 Å². The van der Waals surface area contributed by atoms with Gasteiger partial charge in [-0.3, -0.25) is 9.69 Å². The van der Waals surface area contributed by atoms with Crippen LogP contribution >= 0.6 is 0 Å². The predicted octanol–water partition coefficient (Wildman–Crippen LogP) is 1.57. The summed E-state index contributed by atoms with van der Waals surface area (Å²) in [5.41, 5.74) is 0. The fourth-order valence-electron chi connectivity index (χ4n) is 1.38. The normalized spacial score (nSPS) is 13.6. The van der Waals surface area contributed by atoms with E-state index < -0.39 is 0 Å². The van der Waals surface area contributed by atoms with Crippen LogP contribution in [0.5, 0.6) is 0 Å². The van der Waals surface area contributed by atoms with Crippen molar-refractivity contribution in [1.82, 2.24) is 4.90 Å². The van der Waals surface area contributed by atoms with Crippen molar-refractivity contribution in [3.05, 3.63) is 0 Å². The molecule has 0 rings (SSSR count). The lowest BCUT2D eigenvalue weighted by Gasteiger charge is -2.28. The summed E-state index contributed by atoms with van der Waals surface area (Å²) < 4.78 is 5.03. The highest BCUT2D eigenvalue weighted by Gasteiger charge is 2.18. The predicted molar refractivity (Wildman–Crippen MR) is 58.4 cm³/mol. The average Bonchev–Trinajstić information content (AvgIpc) is 2.10. The number of hydrogen-bond acceptors (Lipinski definition) is 3. The van der Waals surface area contributed by atoms with Crippen molar-refractivity contribution in [2.45, 2.75) is 33.7 Å². The smallest absolute Gasteiger partial charge is 0.146 e. The van der Waals surface area contributed by atoms with Gasteiger partial charge in [0.2, 0.25) is 0 Å². The summed E-state index contributed by atoms with van der Waals surface area (Å²) in [6.45, 7) is 10.4. The first-order chi connectivity index (χ1) is 6.49. The Morgan fingerprint density at radius 1 is 1.36 bits per heavy atom. The summed E-state index contributed by atoms with van der Waals surface area (Å²) >= 11 is 0. The number of carbonyl (C=O) groups is 1. The molecule has 84 valence electrons. The summed E-state index contributed by atoms with van der Waals surface area (Å²) in [5, 5.41) is 0. The SMILES string of the molecule is COCCN(CC(C)C)C(C)C(C)=O. The van der Waals surface area contributed by atoms with Crippen LogP contribution in [0.4, 0.5) is 0 Å². The van der Waals surface area contributed by atoms with Crippen molar-refractivity contribution in [1.29, 1.82) is 0 Å². The molecule has 1 atom stereocenters. The molecule has 0 aromatic heterocycles. The minimum absolute atomic E-state index is 0.00699. The molecule has 3 heteroatoms. The Hall–Kier alpha value is -0.410. The van der Waals surface area contributed by atoms with E-state index in [1.54, 1.807) is 14.0 Å². The second-order valence-electron chi connectivity index (χ2n) is 4.17. The molecule has 0 N–H and O–H groups in total. The summed E-state index contributed by atoms with van der Waals surface area (Å²) in [7, 11) is 1.69. The zero-order valence-corrected chi connectivity index (χ0v) is 10.0. The average molecular weight is 201 g/mol. The Morgan fingerprint density at radius 2 is 1.93 bits per heavy atom. The van der Waals surface area contributed by atoms with Crippen molar-refractivity contribution in [2.75, 3.05) is 26.8 Å². The number of Topliss-reactive ketones (excluding diaryl/α,β-unsaturated/α-hetero) is 1. The quantitative estimate of drug-likeness (QED) is 0.626. The van der Waals surface area contributed by atoms with Gasteiger partial charge in [0.1, 0.15) is 5.78 Å². The zero-order chi connectivity index (χ0) is 11.1. The molecule has 14 heavy (non-hydrogen) atoms. The van der Waals surface area contributed by atoms with Crippen molar-refractivity contribution < 1.29 is 9.53 Å². The van der Waals surface area contributed by atoms with Gasteiger partial charge in [-0.05, 0) is 19.8 Å². The van der Waals surface area contributed by atoms with Crippen LogP contribution in [0.25, 0.3) is 0 Å². The van der Waals surface area contributed by atoms with Gasteiger partial charge in [0, 0.05) is 20.2 Å². The van der Waals surface area contributed by atoms with E-state index in [1.165, 1.54) is 0 Å². The molecule has 0 spiro atoms. The van der Waals surface area contributed by atoms with Gasteiger partial charge in [-0.15, -0.1) is 0 Å². The molecule has 0 saturated heterocycles. The number of hydrogen-bond donors (Lipinski definition) is 0. The van der Waals surface area contributed by atoms with Gasteiger partial charge in [-0.25, -0.2) is 0 Å². The Kier molecular flexibility index (Phi) is 6.75. The maximum atomic E-state index is 11.2. The maximum Gasteiger partial charge on any atom is 0.146 e. The molecule has 0 aromatic carbocycles. The highest BCUT2D eigenvalue weighted by molar-refractivity contribution is 5.80. The molecule has 0 bridgehead atoms. The lowest BCUT2D eigenvalue weighted by molar-refractivity contribution is -0.122. The van der Waals surface area contributed by atoms with Gasteiger partial charge in [0.15, 0.2) is 0 Å². The number of methoxy groups -OCH3 is 1. The summed E-state index contributed by atoms with van der Waals surface area (Å²) in [6.07, 6.45) is 0. The fourth-order valence-corrected chi connectivity index (χ4v) is 1.38. The van der Waals surface area contributed by atoms with Gasteiger partial charge >= 0.3 is 0 Å². The zero-order valence-electron chi connectivity index (χ0n) is 10.0. The number of nitrogens with zero attached hydrogens (tertiary/aromatic N) is 1. The molecule has 0 saturated carbocycles. The lowest BCUT2D eigenvalue weighted by atomic mass is 10.1. The van der Waals surface area contributed by atoms with Gasteiger partial charge < -0.3 is 4.74 Å². The van der Waals surface area contributed by atoms with Gasteiger partial charge in [-0.2, -0.15) is 0 Å². The van der Waals surface area contributed by atoms with E-state index in [9.17, 15) is 4.79 Å². The highest BCUT2D eigenvalue weighted by atomic mass is 16.5. The lowest BCUT2D eigenvalue weighted by Crippen LogP contribution is -2.42. The molecule has 0 aromatic rings. The first kappa shape index (κ1) is 13.6. The van der Waals surface area contributed by atoms with Crippen molar-refractivity contribution in [2.24, 2.45) is 5.92 Å². The van der Waals surface area contributed by atoms with Crippen LogP contribution in [0.15, 0.2) is 0 Å². The van der Waals surface area contributed by atoms with E-state index in [4.69, 9.17) is 4.74 Å².